The zero-order chi connectivity index (χ0) is 16.4. The Morgan fingerprint density at radius 2 is 1.74 bits per heavy atom. The van der Waals surface area contributed by atoms with Gasteiger partial charge in [-0.2, -0.15) is 0 Å². The van der Waals surface area contributed by atoms with Crippen LogP contribution in [0.4, 0.5) is 5.69 Å². The standard InChI is InChI=1S/C20H23N3/c1-13-6-8-15-16-9-7-14(2)21-19(16)20(3,4)17(15)18(13)23-11-10-22(5)12-23/h6-11H,12H2,1-5H3. The third-order valence-electron chi connectivity index (χ3n) is 5.09. The van der Waals surface area contributed by atoms with Gasteiger partial charge in [0.05, 0.1) is 12.4 Å². The van der Waals surface area contributed by atoms with Crippen LogP contribution in [0.2, 0.25) is 0 Å². The van der Waals surface area contributed by atoms with E-state index in [4.69, 9.17) is 4.98 Å². The maximum absolute atomic E-state index is 4.89. The first-order valence-corrected chi connectivity index (χ1v) is 8.17. The molecule has 0 saturated carbocycles. The van der Waals surface area contributed by atoms with Crippen LogP contribution in [0.25, 0.3) is 11.1 Å². The van der Waals surface area contributed by atoms with Crippen LogP contribution in [0.5, 0.6) is 0 Å². The molecule has 3 nitrogen and oxygen atoms in total. The Bertz CT molecular complexity index is 833. The van der Waals surface area contributed by atoms with E-state index in [1.165, 1.54) is 33.6 Å². The molecular weight excluding hydrogens is 282 g/mol. The normalized spacial score (nSPS) is 17.6. The maximum Gasteiger partial charge on any atom is 0.0939 e. The third-order valence-corrected chi connectivity index (χ3v) is 5.09. The van der Waals surface area contributed by atoms with Gasteiger partial charge >= 0.3 is 0 Å². The summed E-state index contributed by atoms with van der Waals surface area (Å²) in [7, 11) is 2.11. The Kier molecular flexibility index (Phi) is 2.87. The molecule has 2 aliphatic rings. The zero-order valence-corrected chi connectivity index (χ0v) is 14.5. The first-order chi connectivity index (χ1) is 10.9. The number of benzene rings is 1. The first kappa shape index (κ1) is 14.3. The smallest absolute Gasteiger partial charge is 0.0939 e. The van der Waals surface area contributed by atoms with E-state index in [0.717, 1.165) is 12.4 Å². The van der Waals surface area contributed by atoms with Crippen molar-refractivity contribution in [3.8, 4) is 11.1 Å². The summed E-state index contributed by atoms with van der Waals surface area (Å²) in [6.07, 6.45) is 4.32. The fourth-order valence-electron chi connectivity index (χ4n) is 3.97. The Morgan fingerprint density at radius 3 is 2.43 bits per heavy atom. The quantitative estimate of drug-likeness (QED) is 0.787. The average molecular weight is 305 g/mol. The summed E-state index contributed by atoms with van der Waals surface area (Å²) in [4.78, 5) is 9.45. The predicted molar refractivity (Wildman–Crippen MR) is 95.5 cm³/mol. The van der Waals surface area contributed by atoms with E-state index in [9.17, 15) is 0 Å². The minimum atomic E-state index is -0.0763. The number of rotatable bonds is 1. The molecule has 0 radical (unpaired) electrons. The van der Waals surface area contributed by atoms with Crippen LogP contribution >= 0.6 is 0 Å². The molecule has 0 bridgehead atoms. The molecule has 23 heavy (non-hydrogen) atoms. The van der Waals surface area contributed by atoms with Crippen molar-refractivity contribution in [2.75, 3.05) is 18.6 Å². The molecular formula is C20H23N3. The summed E-state index contributed by atoms with van der Waals surface area (Å²) in [5.41, 5.74) is 8.90. The second-order valence-electron chi connectivity index (χ2n) is 7.29. The van der Waals surface area contributed by atoms with Gasteiger partial charge in [0.2, 0.25) is 0 Å². The molecule has 0 N–H and O–H groups in total. The number of pyridine rings is 1. The van der Waals surface area contributed by atoms with Crippen molar-refractivity contribution >= 4 is 5.69 Å². The monoisotopic (exact) mass is 305 g/mol. The third kappa shape index (κ3) is 1.92. The number of aryl methyl sites for hydroxylation is 2. The summed E-state index contributed by atoms with van der Waals surface area (Å²) in [5, 5.41) is 0. The number of anilines is 1. The summed E-state index contributed by atoms with van der Waals surface area (Å²) < 4.78 is 0. The Hall–Kier alpha value is -2.29. The van der Waals surface area contributed by atoms with Crippen LogP contribution in [-0.2, 0) is 5.41 Å². The molecule has 2 aromatic rings. The van der Waals surface area contributed by atoms with Gasteiger partial charge in [-0.1, -0.05) is 32.0 Å². The molecule has 1 aromatic carbocycles. The second-order valence-corrected chi connectivity index (χ2v) is 7.29. The van der Waals surface area contributed by atoms with Gasteiger partial charge in [0.15, 0.2) is 0 Å². The van der Waals surface area contributed by atoms with Crippen molar-refractivity contribution in [3.05, 3.63) is 59.2 Å². The molecule has 2 heterocycles. The van der Waals surface area contributed by atoms with E-state index in [0.29, 0.717) is 0 Å². The summed E-state index contributed by atoms with van der Waals surface area (Å²) in [6.45, 7) is 9.78. The molecule has 4 rings (SSSR count). The largest absolute Gasteiger partial charge is 0.361 e. The highest BCUT2D eigenvalue weighted by molar-refractivity contribution is 5.86. The van der Waals surface area contributed by atoms with Gasteiger partial charge in [0.25, 0.3) is 0 Å². The molecule has 0 fully saturated rings. The second kappa shape index (κ2) is 4.60. The Labute approximate surface area is 138 Å². The van der Waals surface area contributed by atoms with Crippen molar-refractivity contribution in [2.24, 2.45) is 0 Å². The number of fused-ring (bicyclic) bond motifs is 3. The van der Waals surface area contributed by atoms with Crippen molar-refractivity contribution < 1.29 is 0 Å². The molecule has 1 aliphatic heterocycles. The van der Waals surface area contributed by atoms with E-state index >= 15 is 0 Å². The predicted octanol–water partition coefficient (Wildman–Crippen LogP) is 4.19. The molecule has 0 saturated heterocycles. The van der Waals surface area contributed by atoms with Gasteiger partial charge in [0.1, 0.15) is 0 Å². The number of hydrogen-bond acceptors (Lipinski definition) is 3. The van der Waals surface area contributed by atoms with Crippen LogP contribution in [-0.4, -0.2) is 23.6 Å². The van der Waals surface area contributed by atoms with Crippen LogP contribution in [0, 0.1) is 13.8 Å². The van der Waals surface area contributed by atoms with Crippen molar-refractivity contribution in [3.63, 3.8) is 0 Å². The molecule has 3 heteroatoms. The van der Waals surface area contributed by atoms with Gasteiger partial charge in [-0.25, -0.2) is 0 Å². The van der Waals surface area contributed by atoms with E-state index in [1.807, 2.05) is 0 Å². The lowest BCUT2D eigenvalue weighted by Gasteiger charge is -2.29. The Balaban J connectivity index is 1.99. The number of hydrogen-bond donors (Lipinski definition) is 0. The molecule has 0 amide bonds. The SMILES string of the molecule is Cc1ccc2c(n1)C(C)(C)c1c-2ccc(C)c1N1C=CN(C)C1. The topological polar surface area (TPSA) is 19.4 Å². The van der Waals surface area contributed by atoms with Gasteiger partial charge in [-0.3, -0.25) is 4.98 Å². The lowest BCUT2D eigenvalue weighted by Crippen LogP contribution is -2.27. The number of nitrogens with zero attached hydrogens (tertiary/aromatic N) is 3. The number of aromatic nitrogens is 1. The van der Waals surface area contributed by atoms with Crippen molar-refractivity contribution in [1.82, 2.24) is 9.88 Å². The first-order valence-electron chi connectivity index (χ1n) is 8.17. The minimum absolute atomic E-state index is 0.0763. The van der Waals surface area contributed by atoms with Gasteiger partial charge in [-0.15, -0.1) is 0 Å². The van der Waals surface area contributed by atoms with Gasteiger partial charge in [-0.05, 0) is 36.6 Å². The van der Waals surface area contributed by atoms with Crippen LogP contribution in [0.3, 0.4) is 0 Å². The van der Waals surface area contributed by atoms with E-state index in [2.05, 4.69) is 81.2 Å². The van der Waals surface area contributed by atoms with E-state index < -0.39 is 0 Å². The zero-order valence-electron chi connectivity index (χ0n) is 14.5. The van der Waals surface area contributed by atoms with Crippen LogP contribution in [0.1, 0.15) is 36.4 Å². The Morgan fingerprint density at radius 1 is 1.00 bits per heavy atom. The van der Waals surface area contributed by atoms with E-state index in [1.54, 1.807) is 0 Å². The van der Waals surface area contributed by atoms with Crippen LogP contribution < -0.4 is 4.90 Å². The lowest BCUT2D eigenvalue weighted by molar-refractivity contribution is 0.494. The summed E-state index contributed by atoms with van der Waals surface area (Å²) >= 11 is 0. The fourth-order valence-corrected chi connectivity index (χ4v) is 3.97. The summed E-state index contributed by atoms with van der Waals surface area (Å²) in [6, 6.07) is 8.86. The van der Waals surface area contributed by atoms with Crippen LogP contribution in [0.15, 0.2) is 36.7 Å². The molecule has 0 spiro atoms. The minimum Gasteiger partial charge on any atom is -0.361 e. The fraction of sp³-hybridized carbons (Fsp3) is 0.350. The maximum atomic E-state index is 4.89. The average Bonchev–Trinajstić information content (AvgIpc) is 3.01. The molecule has 1 aliphatic carbocycles. The highest BCUT2D eigenvalue weighted by Gasteiger charge is 2.40. The van der Waals surface area contributed by atoms with Gasteiger partial charge < -0.3 is 9.80 Å². The lowest BCUT2D eigenvalue weighted by atomic mass is 9.83. The molecule has 0 unspecified atom stereocenters. The van der Waals surface area contributed by atoms with Crippen molar-refractivity contribution in [1.29, 1.82) is 0 Å². The van der Waals surface area contributed by atoms with Crippen molar-refractivity contribution in [2.45, 2.75) is 33.1 Å². The van der Waals surface area contributed by atoms with E-state index in [-0.39, 0.29) is 5.41 Å². The molecule has 118 valence electrons. The molecule has 1 aromatic heterocycles. The highest BCUT2D eigenvalue weighted by Crippen LogP contribution is 2.52. The molecule has 0 atom stereocenters. The summed E-state index contributed by atoms with van der Waals surface area (Å²) in [5.74, 6) is 0. The highest BCUT2D eigenvalue weighted by atomic mass is 15.3. The van der Waals surface area contributed by atoms with Gasteiger partial charge in [0, 0.05) is 41.8 Å².